The van der Waals surface area contributed by atoms with E-state index in [1.807, 2.05) is 6.07 Å². The molecule has 114 valence electrons. The lowest BCUT2D eigenvalue weighted by Gasteiger charge is -2.20. The van der Waals surface area contributed by atoms with Crippen molar-refractivity contribution in [3.05, 3.63) is 35.4 Å². The molecule has 1 heterocycles. The summed E-state index contributed by atoms with van der Waals surface area (Å²) in [5.41, 5.74) is 0.664. The van der Waals surface area contributed by atoms with Crippen LogP contribution in [0.3, 0.4) is 0 Å². The van der Waals surface area contributed by atoms with E-state index >= 15 is 0 Å². The van der Waals surface area contributed by atoms with Gasteiger partial charge in [0.15, 0.2) is 0 Å². The number of carbonyl (C=O) groups excluding carboxylic acids is 3. The molecular weight excluding hydrogens is 304 g/mol. The van der Waals surface area contributed by atoms with Crippen LogP contribution in [0, 0.1) is 11.3 Å². The Morgan fingerprint density at radius 1 is 1.32 bits per heavy atom. The molecular formula is C15H14N2O4S. The van der Waals surface area contributed by atoms with Gasteiger partial charge in [-0.2, -0.15) is 17.0 Å². The topological polar surface area (TPSA) is 87.5 Å². The largest absolute Gasteiger partial charge is 0.459 e. The van der Waals surface area contributed by atoms with E-state index < -0.39 is 23.9 Å². The zero-order valence-electron chi connectivity index (χ0n) is 11.9. The number of hydrogen-bond donors (Lipinski definition) is 0. The minimum absolute atomic E-state index is 0.0759. The Hall–Kier alpha value is -2.33. The SMILES string of the molecule is CSCC(=O)O[C@H](CC#N)CN1C(=O)c2ccccc2C1=O. The van der Waals surface area contributed by atoms with Crippen molar-refractivity contribution in [2.45, 2.75) is 12.5 Å². The van der Waals surface area contributed by atoms with Gasteiger partial charge < -0.3 is 4.74 Å². The van der Waals surface area contributed by atoms with Crippen LogP contribution in [-0.2, 0) is 9.53 Å². The van der Waals surface area contributed by atoms with E-state index in [2.05, 4.69) is 0 Å². The van der Waals surface area contributed by atoms with E-state index in [9.17, 15) is 14.4 Å². The van der Waals surface area contributed by atoms with Crippen LogP contribution in [-0.4, -0.2) is 47.3 Å². The standard InChI is InChI=1S/C15H14N2O4S/c1-22-9-13(18)21-10(6-7-16)8-17-14(19)11-4-2-3-5-12(11)15(17)20/h2-5,10H,6,8-9H2,1H3/t10-/m1/s1. The Morgan fingerprint density at radius 2 is 1.91 bits per heavy atom. The van der Waals surface area contributed by atoms with Gasteiger partial charge in [0.1, 0.15) is 6.10 Å². The number of rotatable bonds is 6. The van der Waals surface area contributed by atoms with Crippen LogP contribution in [0.4, 0.5) is 0 Å². The van der Waals surface area contributed by atoms with Crippen LogP contribution < -0.4 is 0 Å². The maximum atomic E-state index is 12.2. The fourth-order valence-corrected chi connectivity index (χ4v) is 2.50. The molecule has 0 bridgehead atoms. The monoisotopic (exact) mass is 318 g/mol. The number of imide groups is 1. The molecule has 2 amide bonds. The maximum absolute atomic E-state index is 12.2. The molecule has 7 heteroatoms. The first-order chi connectivity index (χ1) is 10.6. The minimum atomic E-state index is -0.813. The van der Waals surface area contributed by atoms with Crippen LogP contribution in [0.15, 0.2) is 24.3 Å². The number of benzene rings is 1. The molecule has 0 aromatic heterocycles. The van der Waals surface area contributed by atoms with Gasteiger partial charge >= 0.3 is 5.97 Å². The second kappa shape index (κ2) is 7.09. The van der Waals surface area contributed by atoms with Crippen molar-refractivity contribution >= 4 is 29.5 Å². The van der Waals surface area contributed by atoms with E-state index in [1.165, 1.54) is 11.8 Å². The van der Waals surface area contributed by atoms with E-state index in [0.29, 0.717) is 11.1 Å². The number of nitriles is 1. The average molecular weight is 318 g/mol. The number of amides is 2. The maximum Gasteiger partial charge on any atom is 0.316 e. The first kappa shape index (κ1) is 16.0. The molecule has 1 aromatic carbocycles. The second-order valence-electron chi connectivity index (χ2n) is 4.67. The summed E-state index contributed by atoms with van der Waals surface area (Å²) in [6.45, 7) is -0.111. The van der Waals surface area contributed by atoms with Crippen LogP contribution in [0.2, 0.25) is 0 Å². The number of nitrogens with zero attached hydrogens (tertiary/aromatic N) is 2. The van der Waals surface area contributed by atoms with Crippen molar-refractivity contribution in [3.8, 4) is 6.07 Å². The first-order valence-electron chi connectivity index (χ1n) is 6.59. The third kappa shape index (κ3) is 3.28. The molecule has 0 fully saturated rings. The molecule has 1 aromatic rings. The van der Waals surface area contributed by atoms with Crippen molar-refractivity contribution in [1.82, 2.24) is 4.90 Å². The zero-order chi connectivity index (χ0) is 16.1. The summed E-state index contributed by atoms with van der Waals surface area (Å²) in [6, 6.07) is 8.42. The smallest absolute Gasteiger partial charge is 0.316 e. The summed E-state index contributed by atoms with van der Waals surface area (Å²) in [5, 5.41) is 8.82. The zero-order valence-corrected chi connectivity index (χ0v) is 12.8. The Bertz CT molecular complexity index is 618. The summed E-state index contributed by atoms with van der Waals surface area (Å²) in [4.78, 5) is 37.0. The Labute approximate surface area is 132 Å². The van der Waals surface area contributed by atoms with Crippen molar-refractivity contribution in [1.29, 1.82) is 5.26 Å². The molecule has 1 aliphatic rings. The lowest BCUT2D eigenvalue weighted by molar-refractivity contribution is -0.145. The van der Waals surface area contributed by atoms with Crippen LogP contribution in [0.1, 0.15) is 27.1 Å². The number of esters is 1. The van der Waals surface area contributed by atoms with Crippen LogP contribution in [0.5, 0.6) is 0 Å². The molecule has 0 saturated carbocycles. The van der Waals surface area contributed by atoms with Gasteiger partial charge in [0.2, 0.25) is 0 Å². The van der Waals surface area contributed by atoms with Crippen LogP contribution in [0.25, 0.3) is 0 Å². The molecule has 0 saturated heterocycles. The summed E-state index contributed by atoms with van der Waals surface area (Å²) >= 11 is 1.30. The van der Waals surface area contributed by atoms with E-state index in [0.717, 1.165) is 4.90 Å². The van der Waals surface area contributed by atoms with Gasteiger partial charge in [0, 0.05) is 0 Å². The lowest BCUT2D eigenvalue weighted by atomic mass is 10.1. The van der Waals surface area contributed by atoms with Gasteiger partial charge in [-0.1, -0.05) is 12.1 Å². The molecule has 22 heavy (non-hydrogen) atoms. The third-order valence-corrected chi connectivity index (χ3v) is 3.67. The van der Waals surface area contributed by atoms with E-state index in [-0.39, 0.29) is 18.7 Å². The highest BCUT2D eigenvalue weighted by Gasteiger charge is 2.37. The number of carbonyl (C=O) groups is 3. The Balaban J connectivity index is 2.11. The molecule has 2 rings (SSSR count). The Kier molecular flexibility index (Phi) is 5.17. The van der Waals surface area contributed by atoms with Gasteiger partial charge in [0.25, 0.3) is 11.8 Å². The van der Waals surface area contributed by atoms with E-state index in [1.54, 1.807) is 30.5 Å². The van der Waals surface area contributed by atoms with Crippen molar-refractivity contribution in [3.63, 3.8) is 0 Å². The molecule has 0 N–H and O–H groups in total. The number of thioether (sulfide) groups is 1. The van der Waals surface area contributed by atoms with Gasteiger partial charge in [-0.25, -0.2) is 0 Å². The predicted molar refractivity (Wildman–Crippen MR) is 80.3 cm³/mol. The normalized spacial score (nSPS) is 14.5. The molecule has 1 aliphatic heterocycles. The van der Waals surface area contributed by atoms with Crippen LogP contribution >= 0.6 is 11.8 Å². The summed E-state index contributed by atoms with van der Waals surface area (Å²) in [5.74, 6) is -1.16. The number of fused-ring (bicyclic) bond motifs is 1. The first-order valence-corrected chi connectivity index (χ1v) is 7.98. The number of hydrogen-bond acceptors (Lipinski definition) is 6. The van der Waals surface area contributed by atoms with Gasteiger partial charge in [-0.3, -0.25) is 19.3 Å². The molecule has 0 aliphatic carbocycles. The van der Waals surface area contributed by atoms with Gasteiger partial charge in [0.05, 0.1) is 35.9 Å². The fourth-order valence-electron chi connectivity index (χ4n) is 2.19. The molecule has 0 radical (unpaired) electrons. The third-order valence-electron chi connectivity index (χ3n) is 3.14. The summed E-state index contributed by atoms with van der Waals surface area (Å²) in [7, 11) is 0. The van der Waals surface area contributed by atoms with Crippen molar-refractivity contribution in [2.24, 2.45) is 0 Å². The highest BCUT2D eigenvalue weighted by atomic mass is 32.2. The molecule has 6 nitrogen and oxygen atoms in total. The average Bonchev–Trinajstić information content (AvgIpc) is 2.73. The molecule has 0 unspecified atom stereocenters. The molecule has 1 atom stereocenters. The summed E-state index contributed by atoms with van der Waals surface area (Å²) in [6.07, 6.45) is 0.866. The minimum Gasteiger partial charge on any atom is -0.459 e. The fraction of sp³-hybridized carbons (Fsp3) is 0.333. The molecule has 0 spiro atoms. The van der Waals surface area contributed by atoms with Crippen molar-refractivity contribution < 1.29 is 19.1 Å². The Morgan fingerprint density at radius 3 is 2.41 bits per heavy atom. The lowest BCUT2D eigenvalue weighted by Crippen LogP contribution is -2.39. The van der Waals surface area contributed by atoms with Crippen molar-refractivity contribution in [2.75, 3.05) is 18.6 Å². The highest BCUT2D eigenvalue weighted by molar-refractivity contribution is 7.99. The summed E-state index contributed by atoms with van der Waals surface area (Å²) < 4.78 is 5.16. The predicted octanol–water partition coefficient (Wildman–Crippen LogP) is 1.47. The van der Waals surface area contributed by atoms with Gasteiger partial charge in [-0.05, 0) is 18.4 Å². The van der Waals surface area contributed by atoms with Gasteiger partial charge in [-0.15, -0.1) is 0 Å². The second-order valence-corrected chi connectivity index (χ2v) is 5.54. The quantitative estimate of drug-likeness (QED) is 0.583. The van der Waals surface area contributed by atoms with E-state index in [4.69, 9.17) is 10.00 Å². The number of ether oxygens (including phenoxy) is 1. The highest BCUT2D eigenvalue weighted by Crippen LogP contribution is 2.23.